The van der Waals surface area contributed by atoms with E-state index in [-0.39, 0.29) is 6.03 Å². The van der Waals surface area contributed by atoms with Crippen LogP contribution in [0.2, 0.25) is 5.02 Å². The van der Waals surface area contributed by atoms with E-state index < -0.39 is 5.54 Å². The van der Waals surface area contributed by atoms with Crippen LogP contribution in [0.15, 0.2) is 24.3 Å². The Morgan fingerprint density at radius 1 is 1.35 bits per heavy atom. The molecule has 2 amide bonds. The summed E-state index contributed by atoms with van der Waals surface area (Å²) in [4.78, 5) is 14.2. The molecule has 0 saturated carbocycles. The number of nitrogens with zero attached hydrogens (tertiary/aromatic N) is 1. The molecule has 0 aliphatic heterocycles. The monoisotopic (exact) mass is 296 g/mol. The maximum absolute atomic E-state index is 12.3. The Morgan fingerprint density at radius 3 is 2.60 bits per heavy atom. The van der Waals surface area contributed by atoms with Gasteiger partial charge in [0.1, 0.15) is 0 Å². The highest BCUT2D eigenvalue weighted by atomic mass is 35.5. The summed E-state index contributed by atoms with van der Waals surface area (Å²) in [7, 11) is 0. The van der Waals surface area contributed by atoms with E-state index in [4.69, 9.17) is 11.6 Å². The second-order valence-corrected chi connectivity index (χ2v) is 5.94. The maximum Gasteiger partial charge on any atom is 0.318 e. The molecule has 0 unspecified atom stereocenters. The molecule has 1 N–H and O–H groups in total. The third-order valence-electron chi connectivity index (χ3n) is 3.42. The van der Waals surface area contributed by atoms with Gasteiger partial charge >= 0.3 is 6.03 Å². The molecule has 0 radical (unpaired) electrons. The van der Waals surface area contributed by atoms with E-state index in [2.05, 4.69) is 12.2 Å². The lowest BCUT2D eigenvalue weighted by Crippen LogP contribution is -2.48. The van der Waals surface area contributed by atoms with Crippen LogP contribution in [0.5, 0.6) is 0 Å². The molecule has 0 spiro atoms. The molecule has 0 aliphatic rings. The summed E-state index contributed by atoms with van der Waals surface area (Å²) in [6.45, 7) is 9.62. The van der Waals surface area contributed by atoms with Gasteiger partial charge in [0.05, 0.1) is 5.54 Å². The number of hydrogen-bond donors (Lipinski definition) is 1. The molecule has 0 saturated heterocycles. The van der Waals surface area contributed by atoms with E-state index in [0.29, 0.717) is 5.02 Å². The van der Waals surface area contributed by atoms with Gasteiger partial charge in [-0.2, -0.15) is 0 Å². The quantitative estimate of drug-likeness (QED) is 0.829. The zero-order chi connectivity index (χ0) is 15.2. The topological polar surface area (TPSA) is 32.3 Å². The summed E-state index contributed by atoms with van der Waals surface area (Å²) >= 11 is 6.02. The summed E-state index contributed by atoms with van der Waals surface area (Å²) < 4.78 is 0. The van der Waals surface area contributed by atoms with Crippen molar-refractivity contribution >= 4 is 17.6 Å². The van der Waals surface area contributed by atoms with Crippen molar-refractivity contribution in [3.05, 3.63) is 34.9 Å². The Hall–Kier alpha value is -1.22. The Balaban J connectivity index is 2.76. The van der Waals surface area contributed by atoms with Gasteiger partial charge in [0.2, 0.25) is 0 Å². The van der Waals surface area contributed by atoms with Crippen molar-refractivity contribution in [3.63, 3.8) is 0 Å². The molecule has 0 atom stereocenters. The van der Waals surface area contributed by atoms with Crippen molar-refractivity contribution in [2.75, 3.05) is 13.1 Å². The summed E-state index contributed by atoms with van der Waals surface area (Å²) in [6, 6.07) is 7.59. The fraction of sp³-hybridized carbons (Fsp3) is 0.562. The number of urea groups is 1. The minimum atomic E-state index is -0.443. The Morgan fingerprint density at radius 2 is 2.05 bits per heavy atom. The first-order valence-electron chi connectivity index (χ1n) is 7.23. The predicted octanol–water partition coefficient (Wildman–Crippen LogP) is 4.41. The molecule has 0 aromatic heterocycles. The number of nitrogens with one attached hydrogen (secondary N) is 1. The molecule has 4 heteroatoms. The summed E-state index contributed by atoms with van der Waals surface area (Å²) in [5.41, 5.74) is 0.562. The van der Waals surface area contributed by atoms with Crippen molar-refractivity contribution in [2.24, 2.45) is 0 Å². The van der Waals surface area contributed by atoms with Gasteiger partial charge in [-0.1, -0.05) is 37.1 Å². The molecule has 1 aromatic carbocycles. The molecule has 1 rings (SSSR count). The fourth-order valence-electron chi connectivity index (χ4n) is 2.05. The molecular formula is C16H25ClN2O. The standard InChI is InChI=1S/C16H25ClN2O/c1-5-7-11-19(6-2)15(20)18-16(3,4)13-9-8-10-14(17)12-13/h8-10,12H,5-7,11H2,1-4H3,(H,18,20). The Kier molecular flexibility index (Phi) is 6.34. The third-order valence-corrected chi connectivity index (χ3v) is 3.65. The molecule has 1 aromatic rings. The highest BCUT2D eigenvalue weighted by Gasteiger charge is 2.25. The second-order valence-electron chi connectivity index (χ2n) is 5.50. The van der Waals surface area contributed by atoms with E-state index in [1.54, 1.807) is 0 Å². The van der Waals surface area contributed by atoms with E-state index in [9.17, 15) is 4.79 Å². The van der Waals surface area contributed by atoms with Gasteiger partial charge in [0.25, 0.3) is 0 Å². The van der Waals surface area contributed by atoms with Crippen LogP contribution in [0.4, 0.5) is 4.79 Å². The number of carbonyl (C=O) groups is 1. The van der Waals surface area contributed by atoms with E-state index in [0.717, 1.165) is 31.5 Å². The zero-order valence-corrected chi connectivity index (χ0v) is 13.6. The van der Waals surface area contributed by atoms with Crippen LogP contribution in [-0.2, 0) is 5.54 Å². The molecule has 0 fully saturated rings. The Labute approximate surface area is 127 Å². The second kappa shape index (κ2) is 7.53. The number of carbonyl (C=O) groups excluding carboxylic acids is 1. The first-order valence-corrected chi connectivity index (χ1v) is 7.61. The number of unbranched alkanes of at least 4 members (excludes halogenated alkanes) is 1. The maximum atomic E-state index is 12.3. The van der Waals surface area contributed by atoms with Crippen LogP contribution in [0.3, 0.4) is 0 Å². The van der Waals surface area contributed by atoms with E-state index >= 15 is 0 Å². The highest BCUT2D eigenvalue weighted by molar-refractivity contribution is 6.30. The Bertz CT molecular complexity index is 446. The van der Waals surface area contributed by atoms with Gasteiger partial charge in [-0.15, -0.1) is 0 Å². The van der Waals surface area contributed by atoms with Crippen molar-refractivity contribution in [1.29, 1.82) is 0 Å². The molecule has 20 heavy (non-hydrogen) atoms. The lowest BCUT2D eigenvalue weighted by Gasteiger charge is -2.31. The van der Waals surface area contributed by atoms with E-state index in [1.807, 2.05) is 49.9 Å². The third kappa shape index (κ3) is 4.71. The van der Waals surface area contributed by atoms with Gasteiger partial charge in [-0.05, 0) is 44.9 Å². The summed E-state index contributed by atoms with van der Waals surface area (Å²) in [5, 5.41) is 3.77. The van der Waals surface area contributed by atoms with Crippen molar-refractivity contribution in [2.45, 2.75) is 46.1 Å². The van der Waals surface area contributed by atoms with Crippen molar-refractivity contribution < 1.29 is 4.79 Å². The van der Waals surface area contributed by atoms with Crippen LogP contribution >= 0.6 is 11.6 Å². The number of benzene rings is 1. The molecule has 0 heterocycles. The fourth-order valence-corrected chi connectivity index (χ4v) is 2.24. The molecular weight excluding hydrogens is 272 g/mol. The smallest absolute Gasteiger partial charge is 0.318 e. The van der Waals surface area contributed by atoms with Crippen LogP contribution in [0.1, 0.15) is 46.1 Å². The largest absolute Gasteiger partial charge is 0.329 e. The van der Waals surface area contributed by atoms with Crippen LogP contribution in [0.25, 0.3) is 0 Å². The van der Waals surface area contributed by atoms with Crippen molar-refractivity contribution in [3.8, 4) is 0 Å². The van der Waals surface area contributed by atoms with Crippen LogP contribution in [-0.4, -0.2) is 24.0 Å². The van der Waals surface area contributed by atoms with Crippen LogP contribution in [0, 0.1) is 0 Å². The number of hydrogen-bond acceptors (Lipinski definition) is 1. The SMILES string of the molecule is CCCCN(CC)C(=O)NC(C)(C)c1cccc(Cl)c1. The zero-order valence-electron chi connectivity index (χ0n) is 12.9. The minimum absolute atomic E-state index is 0.0223. The lowest BCUT2D eigenvalue weighted by molar-refractivity contribution is 0.188. The predicted molar refractivity (Wildman–Crippen MR) is 85.2 cm³/mol. The average Bonchev–Trinajstić information content (AvgIpc) is 2.39. The van der Waals surface area contributed by atoms with Gasteiger partial charge < -0.3 is 10.2 Å². The normalized spacial score (nSPS) is 11.2. The molecule has 0 aliphatic carbocycles. The molecule has 0 bridgehead atoms. The minimum Gasteiger partial charge on any atom is -0.329 e. The number of rotatable bonds is 6. The first-order chi connectivity index (χ1) is 9.40. The molecule has 112 valence electrons. The van der Waals surface area contributed by atoms with Crippen molar-refractivity contribution in [1.82, 2.24) is 10.2 Å². The van der Waals surface area contributed by atoms with Gasteiger partial charge in [-0.25, -0.2) is 4.79 Å². The van der Waals surface area contributed by atoms with Crippen LogP contribution < -0.4 is 5.32 Å². The molecule has 3 nitrogen and oxygen atoms in total. The average molecular weight is 297 g/mol. The first kappa shape index (κ1) is 16.8. The summed E-state index contributed by atoms with van der Waals surface area (Å²) in [6.07, 6.45) is 2.11. The summed E-state index contributed by atoms with van der Waals surface area (Å²) in [5.74, 6) is 0. The van der Waals surface area contributed by atoms with E-state index in [1.165, 1.54) is 0 Å². The van der Waals surface area contributed by atoms with Gasteiger partial charge in [0, 0.05) is 18.1 Å². The van der Waals surface area contributed by atoms with Gasteiger partial charge in [0.15, 0.2) is 0 Å². The lowest BCUT2D eigenvalue weighted by atomic mass is 9.94. The number of amides is 2. The van der Waals surface area contributed by atoms with Gasteiger partial charge in [-0.3, -0.25) is 0 Å². The number of halogens is 1. The highest BCUT2D eigenvalue weighted by Crippen LogP contribution is 2.23.